The number of anilines is 2. The van der Waals surface area contributed by atoms with Gasteiger partial charge in [0.05, 0.1) is 13.2 Å². The van der Waals surface area contributed by atoms with E-state index in [1.807, 2.05) is 58.0 Å². The van der Waals surface area contributed by atoms with Gasteiger partial charge in [-0.25, -0.2) is 0 Å². The zero-order chi connectivity index (χ0) is 20.5. The van der Waals surface area contributed by atoms with Crippen molar-refractivity contribution >= 4 is 28.9 Å². The van der Waals surface area contributed by atoms with Crippen LogP contribution in [0.15, 0.2) is 36.4 Å². The van der Waals surface area contributed by atoms with E-state index in [4.69, 9.17) is 21.1 Å². The highest BCUT2D eigenvalue weighted by molar-refractivity contribution is 6.31. The van der Waals surface area contributed by atoms with Crippen LogP contribution >= 0.6 is 11.6 Å². The molecule has 1 amide bonds. The molecule has 0 heterocycles. The Bertz CT molecular complexity index is 793. The molecule has 0 unspecified atom stereocenters. The standard InChI is InChI=1S/C22H29ClN2O3/c1-5-27-20-11-16(19(23)13-21(20)28-6-2)14-24-17-8-7-9-18(12-17)25-22(26)10-15(3)4/h7-9,11-13,15,24H,5-6,10,14H2,1-4H3,(H,25,26). The minimum absolute atomic E-state index is 0.0167. The average Bonchev–Trinajstić information content (AvgIpc) is 2.62. The van der Waals surface area contributed by atoms with E-state index >= 15 is 0 Å². The molecule has 0 bridgehead atoms. The maximum absolute atomic E-state index is 12.0. The van der Waals surface area contributed by atoms with E-state index in [1.54, 1.807) is 6.07 Å². The Hall–Kier alpha value is -2.40. The molecule has 0 spiro atoms. The van der Waals surface area contributed by atoms with Gasteiger partial charge in [-0.05, 0) is 49.6 Å². The molecule has 0 radical (unpaired) electrons. The summed E-state index contributed by atoms with van der Waals surface area (Å²) < 4.78 is 11.3. The van der Waals surface area contributed by atoms with Gasteiger partial charge < -0.3 is 20.1 Å². The van der Waals surface area contributed by atoms with E-state index in [9.17, 15) is 4.79 Å². The Morgan fingerprint density at radius 3 is 2.32 bits per heavy atom. The van der Waals surface area contributed by atoms with Gasteiger partial charge in [-0.15, -0.1) is 0 Å². The van der Waals surface area contributed by atoms with Crippen molar-refractivity contribution in [3.63, 3.8) is 0 Å². The number of rotatable bonds is 10. The average molecular weight is 405 g/mol. The topological polar surface area (TPSA) is 59.6 Å². The van der Waals surface area contributed by atoms with Gasteiger partial charge in [0, 0.05) is 35.4 Å². The van der Waals surface area contributed by atoms with E-state index < -0.39 is 0 Å². The van der Waals surface area contributed by atoms with Crippen LogP contribution in [0.4, 0.5) is 11.4 Å². The van der Waals surface area contributed by atoms with Crippen molar-refractivity contribution in [1.29, 1.82) is 0 Å². The van der Waals surface area contributed by atoms with Crippen LogP contribution in [0, 0.1) is 5.92 Å². The second-order valence-electron chi connectivity index (χ2n) is 6.84. The molecule has 0 atom stereocenters. The first-order chi connectivity index (χ1) is 13.4. The summed E-state index contributed by atoms with van der Waals surface area (Å²) in [6.45, 7) is 9.52. The van der Waals surface area contributed by atoms with Gasteiger partial charge in [0.15, 0.2) is 11.5 Å². The highest BCUT2D eigenvalue weighted by atomic mass is 35.5. The molecule has 28 heavy (non-hydrogen) atoms. The smallest absolute Gasteiger partial charge is 0.224 e. The quantitative estimate of drug-likeness (QED) is 0.530. The van der Waals surface area contributed by atoms with Crippen LogP contribution in [0.2, 0.25) is 5.02 Å². The number of hydrogen-bond acceptors (Lipinski definition) is 4. The fourth-order valence-corrected chi connectivity index (χ4v) is 2.96. The van der Waals surface area contributed by atoms with Crippen LogP contribution in [0.1, 0.15) is 39.7 Å². The molecule has 2 N–H and O–H groups in total. The highest BCUT2D eigenvalue weighted by Crippen LogP contribution is 2.34. The molecule has 0 aromatic heterocycles. The lowest BCUT2D eigenvalue weighted by Crippen LogP contribution is -2.13. The normalized spacial score (nSPS) is 10.6. The summed E-state index contributed by atoms with van der Waals surface area (Å²) >= 11 is 6.42. The number of halogens is 1. The summed E-state index contributed by atoms with van der Waals surface area (Å²) in [5.41, 5.74) is 2.57. The fourth-order valence-electron chi connectivity index (χ4n) is 2.74. The van der Waals surface area contributed by atoms with Crippen molar-refractivity contribution in [3.05, 3.63) is 47.0 Å². The third-order valence-electron chi connectivity index (χ3n) is 3.94. The van der Waals surface area contributed by atoms with Gasteiger partial charge in [0.25, 0.3) is 0 Å². The number of carbonyl (C=O) groups is 1. The molecule has 5 nitrogen and oxygen atoms in total. The fraction of sp³-hybridized carbons (Fsp3) is 0.409. The van der Waals surface area contributed by atoms with Gasteiger partial charge in [0.1, 0.15) is 0 Å². The predicted octanol–water partition coefficient (Wildman–Crippen LogP) is 5.73. The molecule has 0 aliphatic rings. The number of hydrogen-bond donors (Lipinski definition) is 2. The summed E-state index contributed by atoms with van der Waals surface area (Å²) in [6, 6.07) is 11.3. The van der Waals surface area contributed by atoms with Crippen molar-refractivity contribution in [2.24, 2.45) is 5.92 Å². The monoisotopic (exact) mass is 404 g/mol. The third kappa shape index (κ3) is 6.64. The van der Waals surface area contributed by atoms with Gasteiger partial charge in [0.2, 0.25) is 5.91 Å². The van der Waals surface area contributed by atoms with E-state index in [0.717, 1.165) is 16.9 Å². The maximum Gasteiger partial charge on any atom is 0.224 e. The third-order valence-corrected chi connectivity index (χ3v) is 4.29. The largest absolute Gasteiger partial charge is 0.490 e. The van der Waals surface area contributed by atoms with Crippen molar-refractivity contribution in [1.82, 2.24) is 0 Å². The number of nitrogens with one attached hydrogen (secondary N) is 2. The molecule has 6 heteroatoms. The van der Waals surface area contributed by atoms with Crippen molar-refractivity contribution in [3.8, 4) is 11.5 Å². The summed E-state index contributed by atoms with van der Waals surface area (Å²) in [6.07, 6.45) is 0.500. The Morgan fingerprint density at radius 2 is 1.68 bits per heavy atom. The number of amides is 1. The second-order valence-corrected chi connectivity index (χ2v) is 7.24. The first kappa shape index (κ1) is 21.9. The Balaban J connectivity index is 2.08. The lowest BCUT2D eigenvalue weighted by molar-refractivity contribution is -0.116. The van der Waals surface area contributed by atoms with Gasteiger partial charge in [-0.2, -0.15) is 0 Å². The molecular formula is C22H29ClN2O3. The van der Waals surface area contributed by atoms with Crippen LogP contribution in [0.3, 0.4) is 0 Å². The summed E-state index contributed by atoms with van der Waals surface area (Å²) in [5.74, 6) is 1.67. The molecule has 0 saturated heterocycles. The number of carbonyl (C=O) groups excluding carboxylic acids is 1. The van der Waals surface area contributed by atoms with Crippen molar-refractivity contribution in [2.45, 2.75) is 40.7 Å². The Labute approximate surface area is 172 Å². The van der Waals surface area contributed by atoms with Crippen LogP contribution < -0.4 is 20.1 Å². The lowest BCUT2D eigenvalue weighted by atomic mass is 10.1. The molecule has 2 aromatic carbocycles. The second kappa shape index (κ2) is 10.8. The molecule has 2 rings (SSSR count). The Kier molecular flexibility index (Phi) is 8.45. The van der Waals surface area contributed by atoms with Crippen molar-refractivity contribution < 1.29 is 14.3 Å². The van der Waals surface area contributed by atoms with E-state index in [-0.39, 0.29) is 5.91 Å². The summed E-state index contributed by atoms with van der Waals surface area (Å²) in [4.78, 5) is 12.0. The highest BCUT2D eigenvalue weighted by Gasteiger charge is 2.11. The van der Waals surface area contributed by atoms with Crippen LogP contribution in [-0.4, -0.2) is 19.1 Å². The van der Waals surface area contributed by atoms with Crippen LogP contribution in [0.5, 0.6) is 11.5 Å². The van der Waals surface area contributed by atoms with E-state index in [2.05, 4.69) is 10.6 Å². The molecule has 0 saturated carbocycles. The van der Waals surface area contributed by atoms with E-state index in [0.29, 0.717) is 48.6 Å². The number of benzene rings is 2. The Morgan fingerprint density at radius 1 is 1.04 bits per heavy atom. The predicted molar refractivity (Wildman–Crippen MR) is 116 cm³/mol. The molecule has 0 aliphatic carbocycles. The number of ether oxygens (including phenoxy) is 2. The lowest BCUT2D eigenvalue weighted by Gasteiger charge is -2.15. The minimum Gasteiger partial charge on any atom is -0.490 e. The molecule has 0 fully saturated rings. The zero-order valence-electron chi connectivity index (χ0n) is 17.0. The van der Waals surface area contributed by atoms with Gasteiger partial charge in [-0.3, -0.25) is 4.79 Å². The van der Waals surface area contributed by atoms with Crippen LogP contribution in [0.25, 0.3) is 0 Å². The zero-order valence-corrected chi connectivity index (χ0v) is 17.7. The first-order valence-electron chi connectivity index (χ1n) is 9.64. The molecule has 2 aromatic rings. The molecule has 0 aliphatic heterocycles. The molecular weight excluding hydrogens is 376 g/mol. The van der Waals surface area contributed by atoms with Crippen LogP contribution in [-0.2, 0) is 11.3 Å². The van der Waals surface area contributed by atoms with Gasteiger partial charge >= 0.3 is 0 Å². The van der Waals surface area contributed by atoms with Crippen molar-refractivity contribution in [2.75, 3.05) is 23.8 Å². The maximum atomic E-state index is 12.0. The summed E-state index contributed by atoms with van der Waals surface area (Å²) in [7, 11) is 0. The SMILES string of the molecule is CCOc1cc(Cl)c(CNc2cccc(NC(=O)CC(C)C)c2)cc1OCC. The summed E-state index contributed by atoms with van der Waals surface area (Å²) in [5, 5.41) is 6.89. The van der Waals surface area contributed by atoms with E-state index in [1.165, 1.54) is 0 Å². The first-order valence-corrected chi connectivity index (χ1v) is 10.0. The van der Waals surface area contributed by atoms with Gasteiger partial charge in [-0.1, -0.05) is 31.5 Å². The molecule has 152 valence electrons. The minimum atomic E-state index is 0.0167.